The average molecular weight is 400 g/mol. The van der Waals surface area contributed by atoms with Crippen LogP contribution in [0.4, 0.5) is 5.82 Å². The van der Waals surface area contributed by atoms with E-state index in [0.29, 0.717) is 24.4 Å². The number of aromatic amines is 1. The molecular formula is C20H25N5O2S. The van der Waals surface area contributed by atoms with Gasteiger partial charge in [0.1, 0.15) is 0 Å². The predicted molar refractivity (Wildman–Crippen MR) is 112 cm³/mol. The molecule has 0 unspecified atom stereocenters. The van der Waals surface area contributed by atoms with Gasteiger partial charge in [-0.2, -0.15) is 10.2 Å². The fourth-order valence-electron chi connectivity index (χ4n) is 3.83. The zero-order valence-electron chi connectivity index (χ0n) is 15.9. The summed E-state index contributed by atoms with van der Waals surface area (Å²) in [7, 11) is 0. The van der Waals surface area contributed by atoms with Crippen LogP contribution in [0.5, 0.6) is 0 Å². The van der Waals surface area contributed by atoms with E-state index in [0.717, 1.165) is 41.9 Å². The minimum absolute atomic E-state index is 0.200. The minimum Gasteiger partial charge on any atom is -0.388 e. The number of hydrogen-bond donors (Lipinski definition) is 3. The predicted octanol–water partition coefficient (Wildman–Crippen LogP) is 3.49. The lowest BCUT2D eigenvalue weighted by atomic mass is 9.85. The van der Waals surface area contributed by atoms with Crippen LogP contribution in [0.3, 0.4) is 0 Å². The number of rotatable bonds is 6. The Balaban J connectivity index is 1.76. The molecule has 1 aliphatic carbocycles. The molecule has 0 bridgehead atoms. The molecule has 148 valence electrons. The van der Waals surface area contributed by atoms with Gasteiger partial charge in [-0.05, 0) is 37.3 Å². The SMILES string of the molecule is CCNc1n[nH]c(-c2cccs2)c1-c1ccc(=O)n(CC2(O)CCCCC2)n1. The van der Waals surface area contributed by atoms with Crippen LogP contribution in [0.2, 0.25) is 0 Å². The fourth-order valence-corrected chi connectivity index (χ4v) is 4.55. The van der Waals surface area contributed by atoms with Crippen LogP contribution in [-0.2, 0) is 6.54 Å². The lowest BCUT2D eigenvalue weighted by molar-refractivity contribution is -0.0153. The summed E-state index contributed by atoms with van der Waals surface area (Å²) < 4.78 is 1.40. The van der Waals surface area contributed by atoms with Gasteiger partial charge in [0.2, 0.25) is 0 Å². The summed E-state index contributed by atoms with van der Waals surface area (Å²) in [6, 6.07) is 7.27. The van der Waals surface area contributed by atoms with Crippen molar-refractivity contribution in [3.63, 3.8) is 0 Å². The maximum absolute atomic E-state index is 12.4. The number of hydrogen-bond acceptors (Lipinski definition) is 6. The first-order valence-electron chi connectivity index (χ1n) is 9.77. The summed E-state index contributed by atoms with van der Waals surface area (Å²) in [6.07, 6.45) is 4.52. The highest BCUT2D eigenvalue weighted by molar-refractivity contribution is 7.13. The summed E-state index contributed by atoms with van der Waals surface area (Å²) in [6.45, 7) is 2.96. The molecule has 0 amide bonds. The van der Waals surface area contributed by atoms with Gasteiger partial charge >= 0.3 is 0 Å². The Morgan fingerprint density at radius 3 is 2.82 bits per heavy atom. The van der Waals surface area contributed by atoms with Crippen molar-refractivity contribution in [2.75, 3.05) is 11.9 Å². The summed E-state index contributed by atoms with van der Waals surface area (Å²) in [5, 5.41) is 28.3. The maximum Gasteiger partial charge on any atom is 0.266 e. The molecule has 0 radical (unpaired) electrons. The van der Waals surface area contributed by atoms with Crippen LogP contribution in [0, 0.1) is 0 Å². The lowest BCUT2D eigenvalue weighted by Gasteiger charge is -2.32. The van der Waals surface area contributed by atoms with Crippen molar-refractivity contribution < 1.29 is 5.11 Å². The third-order valence-corrected chi connectivity index (χ3v) is 6.12. The van der Waals surface area contributed by atoms with Crippen molar-refractivity contribution in [1.82, 2.24) is 20.0 Å². The molecule has 3 heterocycles. The molecule has 0 aliphatic heterocycles. The molecule has 8 heteroatoms. The van der Waals surface area contributed by atoms with Crippen LogP contribution in [-0.4, -0.2) is 37.2 Å². The average Bonchev–Trinajstić information content (AvgIpc) is 3.34. The lowest BCUT2D eigenvalue weighted by Crippen LogP contribution is -2.40. The van der Waals surface area contributed by atoms with Gasteiger partial charge in [-0.3, -0.25) is 9.89 Å². The van der Waals surface area contributed by atoms with Crippen LogP contribution in [0.25, 0.3) is 21.8 Å². The quantitative estimate of drug-likeness (QED) is 0.590. The summed E-state index contributed by atoms with van der Waals surface area (Å²) in [5.41, 5.74) is 1.32. The first-order chi connectivity index (χ1) is 13.6. The third kappa shape index (κ3) is 3.74. The normalized spacial score (nSPS) is 16.2. The molecule has 0 aromatic carbocycles. The second-order valence-corrected chi connectivity index (χ2v) is 8.28. The molecule has 0 spiro atoms. The number of nitrogens with one attached hydrogen (secondary N) is 2. The summed E-state index contributed by atoms with van der Waals surface area (Å²) in [4.78, 5) is 13.5. The van der Waals surface area contributed by atoms with E-state index in [4.69, 9.17) is 0 Å². The number of aromatic nitrogens is 4. The zero-order valence-corrected chi connectivity index (χ0v) is 16.8. The van der Waals surface area contributed by atoms with E-state index in [-0.39, 0.29) is 12.1 Å². The van der Waals surface area contributed by atoms with Gasteiger partial charge in [0, 0.05) is 12.6 Å². The minimum atomic E-state index is -0.856. The molecule has 1 saturated carbocycles. The Bertz CT molecular complexity index is 986. The maximum atomic E-state index is 12.4. The second-order valence-electron chi connectivity index (χ2n) is 7.33. The van der Waals surface area contributed by atoms with Crippen molar-refractivity contribution in [3.05, 3.63) is 40.0 Å². The molecule has 0 atom stereocenters. The standard InChI is InChI=1S/C20H25N5O2S/c1-2-21-19-17(18(22-23-19)15-7-6-12-28-15)14-8-9-16(26)25(24-14)13-20(27)10-4-3-5-11-20/h6-9,12,27H,2-5,10-11,13H2,1H3,(H2,21,22,23). The van der Waals surface area contributed by atoms with Gasteiger partial charge in [-0.15, -0.1) is 11.3 Å². The monoisotopic (exact) mass is 399 g/mol. The Kier molecular flexibility index (Phi) is 5.32. The molecule has 3 aromatic rings. The van der Waals surface area contributed by atoms with Gasteiger partial charge in [0.25, 0.3) is 5.56 Å². The first kappa shape index (κ1) is 18.9. The topological polar surface area (TPSA) is 95.8 Å². The smallest absolute Gasteiger partial charge is 0.266 e. The fraction of sp³-hybridized carbons (Fsp3) is 0.450. The molecule has 0 saturated heterocycles. The molecule has 3 N–H and O–H groups in total. The summed E-state index contributed by atoms with van der Waals surface area (Å²) >= 11 is 1.62. The van der Waals surface area contributed by atoms with Crippen molar-refractivity contribution in [2.45, 2.75) is 51.2 Å². The second kappa shape index (κ2) is 7.89. The molecule has 4 rings (SSSR count). The third-order valence-electron chi connectivity index (χ3n) is 5.23. The van der Waals surface area contributed by atoms with E-state index in [1.54, 1.807) is 17.4 Å². The van der Waals surface area contributed by atoms with E-state index < -0.39 is 5.60 Å². The first-order valence-corrected chi connectivity index (χ1v) is 10.6. The zero-order chi connectivity index (χ0) is 19.6. The Morgan fingerprint density at radius 1 is 1.29 bits per heavy atom. The molecule has 28 heavy (non-hydrogen) atoms. The summed E-state index contributed by atoms with van der Waals surface area (Å²) in [5.74, 6) is 0.708. The van der Waals surface area contributed by atoms with Crippen molar-refractivity contribution in [2.24, 2.45) is 0 Å². The highest BCUT2D eigenvalue weighted by atomic mass is 32.1. The molecule has 7 nitrogen and oxygen atoms in total. The van der Waals surface area contributed by atoms with E-state index in [1.807, 2.05) is 24.4 Å². The molecule has 3 aromatic heterocycles. The van der Waals surface area contributed by atoms with Gasteiger partial charge in [-0.1, -0.05) is 25.3 Å². The molecular weight excluding hydrogens is 374 g/mol. The Morgan fingerprint density at radius 2 is 2.11 bits per heavy atom. The molecule has 1 fully saturated rings. The van der Waals surface area contributed by atoms with Crippen molar-refractivity contribution in [3.8, 4) is 21.8 Å². The van der Waals surface area contributed by atoms with Gasteiger partial charge in [-0.25, -0.2) is 4.68 Å². The molecule has 1 aliphatic rings. The van der Waals surface area contributed by atoms with Crippen molar-refractivity contribution >= 4 is 17.2 Å². The van der Waals surface area contributed by atoms with E-state index in [9.17, 15) is 9.90 Å². The number of anilines is 1. The van der Waals surface area contributed by atoms with Gasteiger partial charge in [0.15, 0.2) is 5.82 Å². The number of nitrogens with zero attached hydrogens (tertiary/aromatic N) is 3. The number of thiophene rings is 1. The van der Waals surface area contributed by atoms with E-state index in [2.05, 4.69) is 20.6 Å². The van der Waals surface area contributed by atoms with Crippen LogP contribution < -0.4 is 10.9 Å². The highest BCUT2D eigenvalue weighted by Crippen LogP contribution is 2.37. The van der Waals surface area contributed by atoms with E-state index >= 15 is 0 Å². The van der Waals surface area contributed by atoms with Crippen LogP contribution in [0.1, 0.15) is 39.0 Å². The largest absolute Gasteiger partial charge is 0.388 e. The van der Waals surface area contributed by atoms with Crippen LogP contribution in [0.15, 0.2) is 34.4 Å². The van der Waals surface area contributed by atoms with Crippen molar-refractivity contribution in [1.29, 1.82) is 0 Å². The number of H-pyrrole nitrogens is 1. The Labute approximate surface area is 167 Å². The van der Waals surface area contributed by atoms with Gasteiger partial charge in [0.05, 0.1) is 34.0 Å². The number of aliphatic hydroxyl groups is 1. The highest BCUT2D eigenvalue weighted by Gasteiger charge is 2.30. The van der Waals surface area contributed by atoms with Crippen LogP contribution >= 0.6 is 11.3 Å². The Hall–Kier alpha value is -2.45. The van der Waals surface area contributed by atoms with Gasteiger partial charge < -0.3 is 10.4 Å². The van der Waals surface area contributed by atoms with E-state index in [1.165, 1.54) is 10.7 Å².